The molecule has 1 atom stereocenters. The molecule has 0 aromatic heterocycles. The van der Waals surface area contributed by atoms with Crippen LogP contribution in [0.2, 0.25) is 0 Å². The third kappa shape index (κ3) is 5.82. The zero-order valence-corrected chi connectivity index (χ0v) is 12.8. The third-order valence-corrected chi connectivity index (χ3v) is 2.57. The molecule has 3 N–H and O–H groups in total. The molecule has 0 bridgehead atoms. The van der Waals surface area contributed by atoms with Gasteiger partial charge in [0.25, 0.3) is 5.91 Å². The second kappa shape index (κ2) is 8.02. The van der Waals surface area contributed by atoms with Crippen molar-refractivity contribution in [2.75, 3.05) is 6.61 Å². The number of urea groups is 1. The summed E-state index contributed by atoms with van der Waals surface area (Å²) in [6.07, 6.45) is -1.13. The summed E-state index contributed by atoms with van der Waals surface area (Å²) >= 11 is 0. The first-order valence-corrected chi connectivity index (χ1v) is 6.83. The summed E-state index contributed by atoms with van der Waals surface area (Å²) in [6.45, 7) is 5.99. The first-order chi connectivity index (χ1) is 10.3. The van der Waals surface area contributed by atoms with E-state index in [1.807, 2.05) is 19.2 Å². The molecule has 0 saturated carbocycles. The maximum absolute atomic E-state index is 11.9. The number of esters is 1. The number of ether oxygens (including phenoxy) is 2. The van der Waals surface area contributed by atoms with Crippen molar-refractivity contribution in [3.8, 4) is 5.75 Å². The molecule has 0 spiro atoms. The monoisotopic (exact) mass is 308 g/mol. The molecule has 7 heteroatoms. The maximum atomic E-state index is 11.9. The topological polar surface area (TPSA) is 108 Å². The number of nitrogens with one attached hydrogen (secondary N) is 1. The molecule has 0 heterocycles. The molecule has 0 aliphatic rings. The van der Waals surface area contributed by atoms with E-state index in [0.29, 0.717) is 18.3 Å². The molecule has 1 aromatic carbocycles. The number of carbonyl (C=O) groups excluding carboxylic acids is 3. The van der Waals surface area contributed by atoms with Crippen LogP contribution in [0.25, 0.3) is 0 Å². The Kier molecular flexibility index (Phi) is 6.37. The summed E-state index contributed by atoms with van der Waals surface area (Å²) in [5.41, 5.74) is 5.09. The highest BCUT2D eigenvalue weighted by Gasteiger charge is 2.19. The first-order valence-electron chi connectivity index (χ1n) is 6.83. The molecule has 1 rings (SSSR count). The van der Waals surface area contributed by atoms with E-state index in [0.717, 1.165) is 0 Å². The van der Waals surface area contributed by atoms with Gasteiger partial charge in [-0.3, -0.25) is 10.1 Å². The second-order valence-electron chi connectivity index (χ2n) is 5.13. The molecule has 7 nitrogen and oxygen atoms in total. The van der Waals surface area contributed by atoms with E-state index in [1.54, 1.807) is 12.1 Å². The molecule has 120 valence electrons. The van der Waals surface area contributed by atoms with Gasteiger partial charge in [0, 0.05) is 0 Å². The minimum absolute atomic E-state index is 0.274. The van der Waals surface area contributed by atoms with E-state index in [1.165, 1.54) is 19.1 Å². The Labute approximate surface area is 128 Å². The predicted molar refractivity (Wildman–Crippen MR) is 79.4 cm³/mol. The average molecular weight is 308 g/mol. The Morgan fingerprint density at radius 1 is 1.14 bits per heavy atom. The van der Waals surface area contributed by atoms with Crippen LogP contribution in [0.15, 0.2) is 24.3 Å². The highest BCUT2D eigenvalue weighted by molar-refractivity contribution is 5.98. The summed E-state index contributed by atoms with van der Waals surface area (Å²) in [7, 11) is 0. The molecule has 0 radical (unpaired) electrons. The molecular formula is C15H20N2O5. The van der Waals surface area contributed by atoms with Crippen LogP contribution in [0.4, 0.5) is 4.79 Å². The van der Waals surface area contributed by atoms with Crippen molar-refractivity contribution in [3.63, 3.8) is 0 Å². The summed E-state index contributed by atoms with van der Waals surface area (Å²) in [4.78, 5) is 33.8. The number of hydrogen-bond donors (Lipinski definition) is 2. The highest BCUT2D eigenvalue weighted by atomic mass is 16.5. The van der Waals surface area contributed by atoms with Gasteiger partial charge in [-0.05, 0) is 37.1 Å². The van der Waals surface area contributed by atoms with Gasteiger partial charge in [-0.1, -0.05) is 13.8 Å². The fraction of sp³-hybridized carbons (Fsp3) is 0.400. The van der Waals surface area contributed by atoms with Crippen molar-refractivity contribution in [2.45, 2.75) is 26.9 Å². The van der Waals surface area contributed by atoms with Crippen molar-refractivity contribution in [3.05, 3.63) is 29.8 Å². The van der Waals surface area contributed by atoms with Gasteiger partial charge >= 0.3 is 12.0 Å². The number of nitrogens with two attached hydrogens (primary N) is 1. The molecule has 0 saturated heterocycles. The van der Waals surface area contributed by atoms with Gasteiger partial charge < -0.3 is 15.2 Å². The molecule has 0 aliphatic carbocycles. The Morgan fingerprint density at radius 2 is 1.73 bits per heavy atom. The predicted octanol–water partition coefficient (Wildman–Crippen LogP) is 1.46. The van der Waals surface area contributed by atoms with Crippen molar-refractivity contribution in [1.29, 1.82) is 0 Å². The fourth-order valence-electron chi connectivity index (χ4n) is 1.46. The molecule has 22 heavy (non-hydrogen) atoms. The number of benzene rings is 1. The Bertz CT molecular complexity index is 539. The quantitative estimate of drug-likeness (QED) is 0.774. The second-order valence-corrected chi connectivity index (χ2v) is 5.13. The lowest BCUT2D eigenvalue weighted by atomic mass is 10.2. The van der Waals surface area contributed by atoms with Crippen LogP contribution in [0.3, 0.4) is 0 Å². The van der Waals surface area contributed by atoms with Crippen molar-refractivity contribution >= 4 is 17.9 Å². The Hall–Kier alpha value is -2.57. The van der Waals surface area contributed by atoms with Crippen LogP contribution in [-0.2, 0) is 9.53 Å². The van der Waals surface area contributed by atoms with Crippen molar-refractivity contribution in [2.24, 2.45) is 11.7 Å². The van der Waals surface area contributed by atoms with E-state index in [4.69, 9.17) is 15.2 Å². The number of amides is 3. The van der Waals surface area contributed by atoms with Gasteiger partial charge in [-0.2, -0.15) is 0 Å². The molecule has 3 amide bonds. The van der Waals surface area contributed by atoms with Crippen LogP contribution in [0.5, 0.6) is 5.75 Å². The number of hydrogen-bond acceptors (Lipinski definition) is 5. The fourth-order valence-corrected chi connectivity index (χ4v) is 1.46. The molecule has 0 aliphatic heterocycles. The van der Waals surface area contributed by atoms with Crippen molar-refractivity contribution in [1.82, 2.24) is 5.32 Å². The van der Waals surface area contributed by atoms with Crippen LogP contribution in [0.1, 0.15) is 31.1 Å². The highest BCUT2D eigenvalue weighted by Crippen LogP contribution is 2.14. The number of imide groups is 1. The minimum Gasteiger partial charge on any atom is -0.493 e. The summed E-state index contributed by atoms with van der Waals surface area (Å²) in [6, 6.07) is 5.37. The van der Waals surface area contributed by atoms with Gasteiger partial charge in [0.2, 0.25) is 0 Å². The Morgan fingerprint density at radius 3 is 2.23 bits per heavy atom. The summed E-state index contributed by atoms with van der Waals surface area (Å²) in [5, 5.41) is 1.84. The normalized spacial score (nSPS) is 11.6. The van der Waals surface area contributed by atoms with Crippen LogP contribution >= 0.6 is 0 Å². The van der Waals surface area contributed by atoms with Crippen LogP contribution in [-0.4, -0.2) is 30.6 Å². The zero-order valence-electron chi connectivity index (χ0n) is 12.8. The van der Waals surface area contributed by atoms with Gasteiger partial charge in [-0.15, -0.1) is 0 Å². The third-order valence-electron chi connectivity index (χ3n) is 2.57. The zero-order chi connectivity index (χ0) is 16.7. The maximum Gasteiger partial charge on any atom is 0.338 e. The SMILES string of the molecule is CC(C)COc1ccc(C(=O)OC(C)C(=O)NC(N)=O)cc1. The standard InChI is InChI=1S/C15H20N2O5/c1-9(2)8-21-12-6-4-11(5-7-12)14(19)22-10(3)13(18)17-15(16)20/h4-7,9-10H,8H2,1-3H3,(H3,16,17,18,20). The van der Waals surface area contributed by atoms with Crippen LogP contribution < -0.4 is 15.8 Å². The smallest absolute Gasteiger partial charge is 0.338 e. The lowest BCUT2D eigenvalue weighted by Gasteiger charge is -2.12. The first kappa shape index (κ1) is 17.5. The Balaban J connectivity index is 2.58. The molecule has 1 unspecified atom stereocenters. The van der Waals surface area contributed by atoms with E-state index < -0.39 is 24.0 Å². The van der Waals surface area contributed by atoms with Gasteiger partial charge in [-0.25, -0.2) is 9.59 Å². The molecular weight excluding hydrogens is 288 g/mol. The van der Waals surface area contributed by atoms with Crippen LogP contribution in [0, 0.1) is 5.92 Å². The minimum atomic E-state index is -1.13. The van der Waals surface area contributed by atoms with Gasteiger partial charge in [0.1, 0.15) is 5.75 Å². The van der Waals surface area contributed by atoms with Crippen molar-refractivity contribution < 1.29 is 23.9 Å². The average Bonchev–Trinajstić information content (AvgIpc) is 2.44. The summed E-state index contributed by atoms with van der Waals surface area (Å²) in [5.74, 6) is -0.417. The number of carbonyl (C=O) groups is 3. The van der Waals surface area contributed by atoms with E-state index >= 15 is 0 Å². The lowest BCUT2D eigenvalue weighted by Crippen LogP contribution is -2.42. The van der Waals surface area contributed by atoms with Gasteiger partial charge in [0.05, 0.1) is 12.2 Å². The molecule has 1 aromatic rings. The van der Waals surface area contributed by atoms with E-state index in [-0.39, 0.29) is 5.56 Å². The number of rotatable bonds is 6. The van der Waals surface area contributed by atoms with E-state index in [2.05, 4.69) is 0 Å². The van der Waals surface area contributed by atoms with E-state index in [9.17, 15) is 14.4 Å². The summed E-state index contributed by atoms with van der Waals surface area (Å²) < 4.78 is 10.4. The molecule has 0 fully saturated rings. The number of primary amides is 1. The van der Waals surface area contributed by atoms with Gasteiger partial charge in [0.15, 0.2) is 6.10 Å². The lowest BCUT2D eigenvalue weighted by molar-refractivity contribution is -0.127. The largest absolute Gasteiger partial charge is 0.493 e.